The van der Waals surface area contributed by atoms with Crippen LogP contribution in [0.2, 0.25) is 0 Å². The number of hydrogen-bond acceptors (Lipinski definition) is 5. The van der Waals surface area contributed by atoms with E-state index >= 15 is 0 Å². The van der Waals surface area contributed by atoms with Crippen molar-refractivity contribution in [1.82, 2.24) is 20.0 Å². The molecule has 2 aliphatic rings. The molecular weight excluding hydrogens is 274 g/mol. The molecule has 8 nitrogen and oxygen atoms in total. The van der Waals surface area contributed by atoms with E-state index in [9.17, 15) is 14.9 Å². The molecular formula is C13H19N5O3. The van der Waals surface area contributed by atoms with E-state index in [1.54, 1.807) is 4.68 Å². The van der Waals surface area contributed by atoms with Crippen LogP contribution in [0.5, 0.6) is 0 Å². The first-order valence-corrected chi connectivity index (χ1v) is 7.31. The monoisotopic (exact) mass is 293 g/mol. The number of nitrogens with zero attached hydrogens (tertiary/aromatic N) is 4. The van der Waals surface area contributed by atoms with Gasteiger partial charge in [-0.1, -0.05) is 0 Å². The number of rotatable bonds is 5. The van der Waals surface area contributed by atoms with Gasteiger partial charge < -0.3 is 5.32 Å². The molecule has 1 aliphatic heterocycles. The van der Waals surface area contributed by atoms with Crippen molar-refractivity contribution in [2.75, 3.05) is 13.1 Å². The van der Waals surface area contributed by atoms with Gasteiger partial charge in [0.2, 0.25) is 5.91 Å². The van der Waals surface area contributed by atoms with Gasteiger partial charge in [-0.15, -0.1) is 0 Å². The molecule has 0 unspecified atom stereocenters. The van der Waals surface area contributed by atoms with Crippen LogP contribution >= 0.6 is 0 Å². The molecule has 8 heteroatoms. The summed E-state index contributed by atoms with van der Waals surface area (Å²) >= 11 is 0. The minimum atomic E-state index is -0.441. The fourth-order valence-electron chi connectivity index (χ4n) is 2.61. The van der Waals surface area contributed by atoms with E-state index in [0.29, 0.717) is 6.67 Å². The fourth-order valence-corrected chi connectivity index (χ4v) is 2.61. The second-order valence-electron chi connectivity index (χ2n) is 5.81. The second kappa shape index (κ2) is 5.80. The lowest BCUT2D eigenvalue weighted by molar-refractivity contribution is -0.385. The van der Waals surface area contributed by atoms with Gasteiger partial charge in [0.05, 0.1) is 11.6 Å². The van der Waals surface area contributed by atoms with Crippen LogP contribution in [-0.4, -0.2) is 44.6 Å². The van der Waals surface area contributed by atoms with E-state index in [2.05, 4.69) is 15.3 Å². The number of nitro groups is 1. The third-order valence-corrected chi connectivity index (χ3v) is 4.06. The minimum absolute atomic E-state index is 0.0154. The van der Waals surface area contributed by atoms with E-state index in [4.69, 9.17) is 0 Å². The Kier molecular flexibility index (Phi) is 3.87. The molecule has 0 aromatic carbocycles. The van der Waals surface area contributed by atoms with E-state index in [1.165, 1.54) is 12.4 Å². The summed E-state index contributed by atoms with van der Waals surface area (Å²) in [6.45, 7) is 2.28. The molecule has 0 spiro atoms. The van der Waals surface area contributed by atoms with E-state index in [1.807, 2.05) is 0 Å². The summed E-state index contributed by atoms with van der Waals surface area (Å²) in [5, 5.41) is 17.7. The number of carbonyl (C=O) groups excluding carboxylic acids is 1. The highest BCUT2D eigenvalue weighted by Crippen LogP contribution is 2.29. The molecule has 0 radical (unpaired) electrons. The Morgan fingerprint density at radius 3 is 2.67 bits per heavy atom. The van der Waals surface area contributed by atoms with E-state index < -0.39 is 4.92 Å². The Balaban J connectivity index is 1.44. The quantitative estimate of drug-likeness (QED) is 0.638. The molecule has 0 bridgehead atoms. The molecule has 1 saturated carbocycles. The average Bonchev–Trinajstić information content (AvgIpc) is 3.21. The predicted octanol–water partition coefficient (Wildman–Crippen LogP) is 0.739. The molecule has 21 heavy (non-hydrogen) atoms. The third-order valence-electron chi connectivity index (χ3n) is 4.06. The molecule has 3 rings (SSSR count). The van der Waals surface area contributed by atoms with Crippen molar-refractivity contribution in [3.63, 3.8) is 0 Å². The first-order valence-electron chi connectivity index (χ1n) is 7.31. The summed E-state index contributed by atoms with van der Waals surface area (Å²) in [4.78, 5) is 24.1. The summed E-state index contributed by atoms with van der Waals surface area (Å²) in [6, 6.07) is 0.265. The molecule has 1 N–H and O–H groups in total. The molecule has 2 heterocycles. The van der Waals surface area contributed by atoms with Crippen molar-refractivity contribution in [2.24, 2.45) is 5.92 Å². The zero-order valence-electron chi connectivity index (χ0n) is 11.8. The van der Waals surface area contributed by atoms with Gasteiger partial charge in [-0.3, -0.25) is 24.5 Å². The topological polar surface area (TPSA) is 93.3 Å². The van der Waals surface area contributed by atoms with Crippen molar-refractivity contribution in [3.8, 4) is 0 Å². The largest absolute Gasteiger partial charge is 0.353 e. The lowest BCUT2D eigenvalue weighted by Crippen LogP contribution is -2.45. The maximum Gasteiger partial charge on any atom is 0.307 e. The van der Waals surface area contributed by atoms with Crippen molar-refractivity contribution in [2.45, 2.75) is 38.4 Å². The summed E-state index contributed by atoms with van der Waals surface area (Å²) in [7, 11) is 0. The first-order chi connectivity index (χ1) is 10.1. The number of likely N-dealkylation sites (tertiary alicyclic amines) is 1. The van der Waals surface area contributed by atoms with Crippen LogP contribution in [-0.2, 0) is 11.5 Å². The molecule has 0 atom stereocenters. The maximum atomic E-state index is 11.7. The summed E-state index contributed by atoms with van der Waals surface area (Å²) in [6.07, 6.45) is 6.61. The average molecular weight is 293 g/mol. The van der Waals surface area contributed by atoms with Gasteiger partial charge in [-0.05, 0) is 25.7 Å². The molecule has 114 valence electrons. The van der Waals surface area contributed by atoms with Gasteiger partial charge in [-0.2, -0.15) is 5.10 Å². The predicted molar refractivity (Wildman–Crippen MR) is 74.3 cm³/mol. The SMILES string of the molecule is O=C(NC1CCN(Cn2cc([N+](=O)[O-])cn2)CC1)C1CC1. The van der Waals surface area contributed by atoms with E-state index in [-0.39, 0.29) is 23.6 Å². The van der Waals surface area contributed by atoms with Crippen LogP contribution in [0.4, 0.5) is 5.69 Å². The lowest BCUT2D eigenvalue weighted by Gasteiger charge is -2.32. The number of carbonyl (C=O) groups is 1. The molecule has 1 amide bonds. The first kappa shape index (κ1) is 14.0. The molecule has 1 aliphatic carbocycles. The maximum absolute atomic E-state index is 11.7. The van der Waals surface area contributed by atoms with Crippen molar-refractivity contribution >= 4 is 11.6 Å². The highest BCUT2D eigenvalue weighted by molar-refractivity contribution is 5.81. The highest BCUT2D eigenvalue weighted by Gasteiger charge is 2.31. The molecule has 1 aromatic rings. The third kappa shape index (κ3) is 3.57. The normalized spacial score (nSPS) is 20.4. The molecule has 1 saturated heterocycles. The second-order valence-corrected chi connectivity index (χ2v) is 5.81. The highest BCUT2D eigenvalue weighted by atomic mass is 16.6. The number of piperidine rings is 1. The zero-order chi connectivity index (χ0) is 14.8. The summed E-state index contributed by atoms with van der Waals surface area (Å²) < 4.78 is 1.58. The summed E-state index contributed by atoms with van der Waals surface area (Å²) in [5.41, 5.74) is 0.0154. The standard InChI is InChI=1S/C13H19N5O3/c19-13(10-1-2-10)15-11-3-5-16(6-4-11)9-17-8-12(7-14-17)18(20)21/h7-8,10-11H,1-6,9H2,(H,15,19). The molecule has 1 aromatic heterocycles. The fraction of sp³-hybridized carbons (Fsp3) is 0.692. The van der Waals surface area contributed by atoms with Crippen LogP contribution in [0.3, 0.4) is 0 Å². The van der Waals surface area contributed by atoms with Crippen LogP contribution in [0.25, 0.3) is 0 Å². The van der Waals surface area contributed by atoms with E-state index in [0.717, 1.165) is 38.8 Å². The zero-order valence-corrected chi connectivity index (χ0v) is 11.8. The van der Waals surface area contributed by atoms with Gasteiger partial charge in [0, 0.05) is 25.0 Å². The van der Waals surface area contributed by atoms with Crippen LogP contribution in [0, 0.1) is 16.0 Å². The Hall–Kier alpha value is -1.96. The molecule has 2 fully saturated rings. The van der Waals surface area contributed by atoms with Gasteiger partial charge in [0.1, 0.15) is 12.4 Å². The van der Waals surface area contributed by atoms with Gasteiger partial charge >= 0.3 is 5.69 Å². The Labute approximate surface area is 122 Å². The smallest absolute Gasteiger partial charge is 0.307 e. The Morgan fingerprint density at radius 2 is 2.10 bits per heavy atom. The Bertz CT molecular complexity index is 532. The minimum Gasteiger partial charge on any atom is -0.353 e. The van der Waals surface area contributed by atoms with Gasteiger partial charge in [-0.25, -0.2) is 0 Å². The Morgan fingerprint density at radius 1 is 1.38 bits per heavy atom. The van der Waals surface area contributed by atoms with Crippen molar-refractivity contribution in [3.05, 3.63) is 22.5 Å². The summed E-state index contributed by atoms with van der Waals surface area (Å²) in [5.74, 6) is 0.462. The van der Waals surface area contributed by atoms with Crippen LogP contribution in [0.15, 0.2) is 12.4 Å². The number of nitrogens with one attached hydrogen (secondary N) is 1. The van der Waals surface area contributed by atoms with Crippen molar-refractivity contribution in [1.29, 1.82) is 0 Å². The van der Waals surface area contributed by atoms with Crippen LogP contribution < -0.4 is 5.32 Å². The number of amides is 1. The van der Waals surface area contributed by atoms with Crippen LogP contribution in [0.1, 0.15) is 25.7 Å². The van der Waals surface area contributed by atoms with Crippen molar-refractivity contribution < 1.29 is 9.72 Å². The van der Waals surface area contributed by atoms with Gasteiger partial charge in [0.25, 0.3) is 0 Å². The lowest BCUT2D eigenvalue weighted by atomic mass is 10.1. The van der Waals surface area contributed by atoms with Gasteiger partial charge in [0.15, 0.2) is 0 Å². The number of hydrogen-bond donors (Lipinski definition) is 1. The number of aromatic nitrogens is 2.